The number of rotatable bonds is 5. The van der Waals surface area contributed by atoms with Gasteiger partial charge in [-0.05, 0) is 41.8 Å². The molecule has 0 bridgehead atoms. The van der Waals surface area contributed by atoms with Gasteiger partial charge in [-0.2, -0.15) is 0 Å². The van der Waals surface area contributed by atoms with E-state index in [4.69, 9.17) is 10.5 Å². The standard InChI is InChI=1S/C26H24N6O2/c1-3-21(33)32-14-11-18(12-15-32)24-22(23-25(27)29-16-30-26(23)31(24)2)17-7-9-19(10-8-17)34-20-6-4-5-13-28-20/h3-11,13,16H,1,12,14-15H2,2H3,(H2,27,29,30). The maximum absolute atomic E-state index is 12.0. The summed E-state index contributed by atoms with van der Waals surface area (Å²) in [6, 6.07) is 13.4. The van der Waals surface area contributed by atoms with E-state index in [1.165, 1.54) is 12.4 Å². The minimum absolute atomic E-state index is 0.0637. The third-order valence-corrected chi connectivity index (χ3v) is 6.00. The average molecular weight is 453 g/mol. The summed E-state index contributed by atoms with van der Waals surface area (Å²) in [5.74, 6) is 1.58. The molecule has 0 radical (unpaired) electrons. The Hall–Kier alpha value is -4.46. The van der Waals surface area contributed by atoms with Gasteiger partial charge in [0.25, 0.3) is 0 Å². The van der Waals surface area contributed by atoms with E-state index in [2.05, 4.69) is 32.2 Å². The lowest BCUT2D eigenvalue weighted by Crippen LogP contribution is -2.33. The Kier molecular flexibility index (Phi) is 5.55. The lowest BCUT2D eigenvalue weighted by Gasteiger charge is -2.26. The van der Waals surface area contributed by atoms with Crippen molar-refractivity contribution in [2.45, 2.75) is 6.42 Å². The number of hydrogen-bond donors (Lipinski definition) is 1. The number of nitrogens with zero attached hydrogens (tertiary/aromatic N) is 5. The molecule has 1 aliphatic rings. The molecule has 0 spiro atoms. The Bertz CT molecular complexity index is 1410. The number of hydrogen-bond acceptors (Lipinski definition) is 6. The van der Waals surface area contributed by atoms with Gasteiger partial charge in [-0.25, -0.2) is 15.0 Å². The molecule has 3 aromatic heterocycles. The van der Waals surface area contributed by atoms with E-state index < -0.39 is 0 Å². The number of nitrogen functional groups attached to an aromatic ring is 1. The molecular weight excluding hydrogens is 428 g/mol. The number of anilines is 1. The number of pyridine rings is 1. The fourth-order valence-electron chi connectivity index (χ4n) is 4.36. The van der Waals surface area contributed by atoms with Crippen molar-refractivity contribution < 1.29 is 9.53 Å². The van der Waals surface area contributed by atoms with Crippen LogP contribution in [0.2, 0.25) is 0 Å². The number of carbonyl (C=O) groups excluding carboxylic acids is 1. The van der Waals surface area contributed by atoms with Gasteiger partial charge < -0.3 is 19.9 Å². The highest BCUT2D eigenvalue weighted by Gasteiger charge is 2.25. The smallest absolute Gasteiger partial charge is 0.246 e. The Morgan fingerprint density at radius 2 is 1.97 bits per heavy atom. The van der Waals surface area contributed by atoms with Crippen molar-refractivity contribution in [2.24, 2.45) is 7.05 Å². The van der Waals surface area contributed by atoms with Crippen molar-refractivity contribution in [3.8, 4) is 22.8 Å². The molecule has 0 aliphatic carbocycles. The molecule has 1 aliphatic heterocycles. The van der Waals surface area contributed by atoms with Gasteiger partial charge in [0.05, 0.1) is 11.1 Å². The molecule has 170 valence electrons. The molecule has 2 N–H and O–H groups in total. The zero-order valence-electron chi connectivity index (χ0n) is 18.8. The molecule has 8 nitrogen and oxygen atoms in total. The van der Waals surface area contributed by atoms with Crippen LogP contribution in [-0.2, 0) is 11.8 Å². The number of aryl methyl sites for hydroxylation is 1. The minimum Gasteiger partial charge on any atom is -0.439 e. The van der Waals surface area contributed by atoms with Crippen molar-refractivity contribution in [3.05, 3.63) is 79.4 Å². The highest BCUT2D eigenvalue weighted by atomic mass is 16.5. The summed E-state index contributed by atoms with van der Waals surface area (Å²) in [5, 5.41) is 0.809. The molecule has 0 saturated heterocycles. The van der Waals surface area contributed by atoms with E-state index in [0.29, 0.717) is 37.0 Å². The quantitative estimate of drug-likeness (QED) is 0.456. The number of benzene rings is 1. The highest BCUT2D eigenvalue weighted by Crippen LogP contribution is 2.41. The summed E-state index contributed by atoms with van der Waals surface area (Å²) in [4.78, 5) is 26.8. The van der Waals surface area contributed by atoms with Gasteiger partial charge in [0.2, 0.25) is 11.8 Å². The summed E-state index contributed by atoms with van der Waals surface area (Å²) in [6.45, 7) is 4.74. The van der Waals surface area contributed by atoms with E-state index in [1.807, 2.05) is 49.5 Å². The second-order valence-electron chi connectivity index (χ2n) is 8.00. The molecule has 0 atom stereocenters. The Balaban J connectivity index is 1.59. The molecule has 1 amide bonds. The third-order valence-electron chi connectivity index (χ3n) is 6.00. The van der Waals surface area contributed by atoms with Crippen LogP contribution in [0.25, 0.3) is 27.7 Å². The first kappa shape index (κ1) is 21.4. The molecule has 0 saturated carbocycles. The first-order valence-corrected chi connectivity index (χ1v) is 11.0. The fourth-order valence-corrected chi connectivity index (χ4v) is 4.36. The van der Waals surface area contributed by atoms with Crippen LogP contribution in [0.1, 0.15) is 12.1 Å². The average Bonchev–Trinajstić information content (AvgIpc) is 3.18. The second-order valence-corrected chi connectivity index (χ2v) is 8.00. The number of nitrogens with two attached hydrogens (primary N) is 1. The van der Waals surface area contributed by atoms with Crippen molar-refractivity contribution in [1.29, 1.82) is 0 Å². The summed E-state index contributed by atoms with van der Waals surface area (Å²) in [5.41, 5.74) is 11.2. The topological polar surface area (TPSA) is 99.2 Å². The number of amides is 1. The summed E-state index contributed by atoms with van der Waals surface area (Å²) in [7, 11) is 1.98. The largest absolute Gasteiger partial charge is 0.439 e. The van der Waals surface area contributed by atoms with Crippen LogP contribution in [0.15, 0.2) is 73.7 Å². The van der Waals surface area contributed by atoms with Gasteiger partial charge in [-0.3, -0.25) is 4.79 Å². The summed E-state index contributed by atoms with van der Waals surface area (Å²) in [6.07, 6.45) is 7.33. The van der Waals surface area contributed by atoms with Gasteiger partial charge in [-0.15, -0.1) is 0 Å². The van der Waals surface area contributed by atoms with Crippen LogP contribution >= 0.6 is 0 Å². The van der Waals surface area contributed by atoms with Crippen molar-refractivity contribution in [3.63, 3.8) is 0 Å². The maximum Gasteiger partial charge on any atom is 0.246 e. The minimum atomic E-state index is -0.0637. The monoisotopic (exact) mass is 452 g/mol. The van der Waals surface area contributed by atoms with Crippen LogP contribution in [0.3, 0.4) is 0 Å². The fraction of sp³-hybridized carbons (Fsp3) is 0.154. The molecule has 4 aromatic rings. The first-order chi connectivity index (χ1) is 16.6. The Labute approximate surface area is 197 Å². The van der Waals surface area contributed by atoms with Crippen molar-refractivity contribution >= 4 is 28.3 Å². The van der Waals surface area contributed by atoms with E-state index in [-0.39, 0.29) is 5.91 Å². The van der Waals surface area contributed by atoms with Crippen LogP contribution < -0.4 is 10.5 Å². The molecule has 1 aromatic carbocycles. The maximum atomic E-state index is 12.0. The van der Waals surface area contributed by atoms with Crippen molar-refractivity contribution in [1.82, 2.24) is 24.4 Å². The van der Waals surface area contributed by atoms with E-state index in [9.17, 15) is 4.79 Å². The normalized spacial score (nSPS) is 13.6. The van der Waals surface area contributed by atoms with Crippen molar-refractivity contribution in [2.75, 3.05) is 18.8 Å². The lowest BCUT2D eigenvalue weighted by molar-refractivity contribution is -0.125. The van der Waals surface area contributed by atoms with Crippen LogP contribution in [0.4, 0.5) is 5.82 Å². The number of aromatic nitrogens is 4. The highest BCUT2D eigenvalue weighted by molar-refractivity contribution is 6.06. The molecule has 8 heteroatoms. The van der Waals surface area contributed by atoms with E-state index >= 15 is 0 Å². The zero-order chi connectivity index (χ0) is 23.7. The van der Waals surface area contributed by atoms with E-state index in [1.54, 1.807) is 11.1 Å². The number of ether oxygens (including phenoxy) is 1. The summed E-state index contributed by atoms with van der Waals surface area (Å²) >= 11 is 0. The molecular formula is C26H24N6O2. The SMILES string of the molecule is C=CC(=O)N1CC=C(c2c(-c3ccc(Oc4ccccn4)cc3)c3c(N)ncnc3n2C)CC1. The predicted octanol–water partition coefficient (Wildman–Crippen LogP) is 4.21. The number of fused-ring (bicyclic) bond motifs is 1. The molecule has 4 heterocycles. The van der Waals surface area contributed by atoms with Gasteiger partial charge in [0.15, 0.2) is 0 Å². The van der Waals surface area contributed by atoms with Gasteiger partial charge >= 0.3 is 0 Å². The molecule has 5 rings (SSSR count). The van der Waals surface area contributed by atoms with E-state index in [0.717, 1.165) is 33.4 Å². The molecule has 0 unspecified atom stereocenters. The van der Waals surface area contributed by atoms with Gasteiger partial charge in [0.1, 0.15) is 23.5 Å². The van der Waals surface area contributed by atoms with Crippen LogP contribution in [0.5, 0.6) is 11.6 Å². The predicted molar refractivity (Wildman–Crippen MR) is 132 cm³/mol. The Morgan fingerprint density at radius 1 is 1.15 bits per heavy atom. The third kappa shape index (κ3) is 3.79. The van der Waals surface area contributed by atoms with Crippen LogP contribution in [0, 0.1) is 0 Å². The van der Waals surface area contributed by atoms with Crippen LogP contribution in [-0.4, -0.2) is 43.4 Å². The number of carbonyl (C=O) groups is 1. The summed E-state index contributed by atoms with van der Waals surface area (Å²) < 4.78 is 7.91. The van der Waals surface area contributed by atoms with Gasteiger partial charge in [-0.1, -0.05) is 30.9 Å². The first-order valence-electron chi connectivity index (χ1n) is 11.0. The zero-order valence-corrected chi connectivity index (χ0v) is 18.8. The molecule has 0 fully saturated rings. The Morgan fingerprint density at radius 3 is 2.65 bits per heavy atom. The second kappa shape index (κ2) is 8.82. The lowest BCUT2D eigenvalue weighted by atomic mass is 9.95. The molecule has 34 heavy (non-hydrogen) atoms. The van der Waals surface area contributed by atoms with Gasteiger partial charge in [0, 0.05) is 38.0 Å².